The first-order chi connectivity index (χ1) is 9.19. The van der Waals surface area contributed by atoms with Crippen molar-refractivity contribution in [2.75, 3.05) is 14.2 Å². The average Bonchev–Trinajstić information content (AvgIpc) is 2.46. The molecule has 100 valence electrons. The summed E-state index contributed by atoms with van der Waals surface area (Å²) in [4.78, 5) is 0. The largest absolute Gasteiger partial charge is 0.493 e. The van der Waals surface area contributed by atoms with Gasteiger partial charge in [-0.05, 0) is 35.4 Å². The molecule has 0 aliphatic heterocycles. The van der Waals surface area contributed by atoms with Crippen LogP contribution in [0.3, 0.4) is 0 Å². The number of hydrogen-bond acceptors (Lipinski definition) is 3. The summed E-state index contributed by atoms with van der Waals surface area (Å²) in [6.45, 7) is 0.445. The molecule has 2 aromatic rings. The van der Waals surface area contributed by atoms with Gasteiger partial charge in [0.25, 0.3) is 0 Å². The Hall–Kier alpha value is -1.71. The minimum atomic E-state index is 0.445. The second-order valence-corrected chi connectivity index (χ2v) is 4.53. The van der Waals surface area contributed by atoms with Crippen LogP contribution in [-0.4, -0.2) is 14.2 Å². The first kappa shape index (κ1) is 13.7. The molecule has 2 aromatic carbocycles. The van der Waals surface area contributed by atoms with E-state index in [9.17, 15) is 0 Å². The van der Waals surface area contributed by atoms with Gasteiger partial charge in [-0.25, -0.2) is 0 Å². The Bertz CT molecular complexity index is 567. The molecular formula is C15H16ClNO2. The zero-order valence-electron chi connectivity index (χ0n) is 10.9. The summed E-state index contributed by atoms with van der Waals surface area (Å²) >= 11 is 5.91. The van der Waals surface area contributed by atoms with Crippen molar-refractivity contribution >= 4 is 11.6 Å². The van der Waals surface area contributed by atoms with Crippen LogP contribution in [0.4, 0.5) is 0 Å². The van der Waals surface area contributed by atoms with E-state index in [0.29, 0.717) is 23.1 Å². The molecule has 0 atom stereocenters. The Balaban J connectivity index is 2.62. The zero-order valence-corrected chi connectivity index (χ0v) is 11.7. The molecule has 19 heavy (non-hydrogen) atoms. The highest BCUT2D eigenvalue weighted by Crippen LogP contribution is 2.39. The van der Waals surface area contributed by atoms with Gasteiger partial charge in [-0.15, -0.1) is 0 Å². The zero-order chi connectivity index (χ0) is 13.8. The Morgan fingerprint density at radius 3 is 2.26 bits per heavy atom. The van der Waals surface area contributed by atoms with Crippen molar-refractivity contribution in [1.82, 2.24) is 0 Å². The van der Waals surface area contributed by atoms with E-state index in [4.69, 9.17) is 26.8 Å². The number of ether oxygens (including phenoxy) is 2. The fourth-order valence-corrected chi connectivity index (χ4v) is 2.11. The molecule has 4 heteroatoms. The van der Waals surface area contributed by atoms with E-state index in [1.54, 1.807) is 14.2 Å². The van der Waals surface area contributed by atoms with Crippen molar-refractivity contribution in [3.05, 3.63) is 47.0 Å². The number of benzene rings is 2. The molecule has 0 heterocycles. The average molecular weight is 278 g/mol. The summed E-state index contributed by atoms with van der Waals surface area (Å²) in [5.41, 5.74) is 8.66. The molecule has 3 nitrogen and oxygen atoms in total. The summed E-state index contributed by atoms with van der Waals surface area (Å²) in [7, 11) is 3.24. The lowest BCUT2D eigenvalue weighted by Gasteiger charge is -2.15. The van der Waals surface area contributed by atoms with E-state index in [0.717, 1.165) is 16.7 Å². The normalized spacial score (nSPS) is 10.3. The van der Waals surface area contributed by atoms with Gasteiger partial charge in [-0.3, -0.25) is 0 Å². The lowest BCUT2D eigenvalue weighted by atomic mass is 10.0. The van der Waals surface area contributed by atoms with Crippen molar-refractivity contribution in [3.8, 4) is 22.6 Å². The van der Waals surface area contributed by atoms with Gasteiger partial charge in [-0.1, -0.05) is 23.7 Å². The Morgan fingerprint density at radius 2 is 1.74 bits per heavy atom. The van der Waals surface area contributed by atoms with Gasteiger partial charge in [-0.2, -0.15) is 0 Å². The maximum atomic E-state index is 5.91. The minimum absolute atomic E-state index is 0.445. The molecular weight excluding hydrogens is 262 g/mol. The van der Waals surface area contributed by atoms with Crippen LogP contribution in [0, 0.1) is 0 Å². The number of nitrogens with two attached hydrogens (primary N) is 1. The quantitative estimate of drug-likeness (QED) is 0.930. The van der Waals surface area contributed by atoms with Crippen molar-refractivity contribution in [2.45, 2.75) is 6.54 Å². The Morgan fingerprint density at radius 1 is 1.05 bits per heavy atom. The molecule has 0 aromatic heterocycles. The third-order valence-electron chi connectivity index (χ3n) is 2.93. The van der Waals surface area contributed by atoms with Crippen molar-refractivity contribution in [1.29, 1.82) is 0 Å². The topological polar surface area (TPSA) is 44.5 Å². The fraction of sp³-hybridized carbons (Fsp3) is 0.200. The molecule has 0 spiro atoms. The summed E-state index contributed by atoms with van der Waals surface area (Å²) < 4.78 is 10.8. The van der Waals surface area contributed by atoms with Gasteiger partial charge in [0.15, 0.2) is 11.5 Å². The first-order valence-corrected chi connectivity index (χ1v) is 6.28. The van der Waals surface area contributed by atoms with Gasteiger partial charge in [0, 0.05) is 17.1 Å². The van der Waals surface area contributed by atoms with E-state index in [-0.39, 0.29) is 0 Å². The number of halogens is 1. The lowest BCUT2D eigenvalue weighted by molar-refractivity contribution is 0.355. The van der Waals surface area contributed by atoms with Gasteiger partial charge >= 0.3 is 0 Å². The second kappa shape index (κ2) is 5.95. The summed E-state index contributed by atoms with van der Waals surface area (Å²) in [6, 6.07) is 11.5. The van der Waals surface area contributed by atoms with Crippen LogP contribution in [0.25, 0.3) is 11.1 Å². The van der Waals surface area contributed by atoms with Crippen LogP contribution in [0.5, 0.6) is 11.5 Å². The third kappa shape index (κ3) is 2.83. The number of methoxy groups -OCH3 is 2. The first-order valence-electron chi connectivity index (χ1n) is 5.90. The second-order valence-electron chi connectivity index (χ2n) is 4.09. The van der Waals surface area contributed by atoms with Gasteiger partial charge in [0.05, 0.1) is 14.2 Å². The SMILES string of the molecule is COc1cc(CN)cc(-c2ccc(Cl)cc2)c1OC. The standard InChI is InChI=1S/C15H16ClNO2/c1-18-14-8-10(9-17)7-13(15(14)19-2)11-3-5-12(16)6-4-11/h3-8H,9,17H2,1-2H3. The van der Waals surface area contributed by atoms with E-state index >= 15 is 0 Å². The molecule has 0 amide bonds. The van der Waals surface area contributed by atoms with Crippen molar-refractivity contribution < 1.29 is 9.47 Å². The Labute approximate surface area is 117 Å². The number of rotatable bonds is 4. The predicted molar refractivity (Wildman–Crippen MR) is 77.9 cm³/mol. The van der Waals surface area contributed by atoms with Crippen LogP contribution < -0.4 is 15.2 Å². The highest BCUT2D eigenvalue weighted by molar-refractivity contribution is 6.30. The highest BCUT2D eigenvalue weighted by Gasteiger charge is 2.13. The van der Waals surface area contributed by atoms with E-state index in [1.165, 1.54) is 0 Å². The number of hydrogen-bond donors (Lipinski definition) is 1. The Kier molecular flexibility index (Phi) is 4.30. The maximum Gasteiger partial charge on any atom is 0.168 e. The predicted octanol–water partition coefficient (Wildman–Crippen LogP) is 3.48. The molecule has 0 aliphatic rings. The molecule has 0 saturated carbocycles. The summed E-state index contributed by atoms with van der Waals surface area (Å²) in [6.07, 6.45) is 0. The van der Waals surface area contributed by atoms with Gasteiger partial charge in [0.1, 0.15) is 0 Å². The molecule has 2 N–H and O–H groups in total. The molecule has 0 fully saturated rings. The lowest BCUT2D eigenvalue weighted by Crippen LogP contribution is -2.00. The van der Waals surface area contributed by atoms with Gasteiger partial charge < -0.3 is 15.2 Å². The maximum absolute atomic E-state index is 5.91. The molecule has 0 bridgehead atoms. The van der Waals surface area contributed by atoms with E-state index < -0.39 is 0 Å². The van der Waals surface area contributed by atoms with Crippen LogP contribution in [0.1, 0.15) is 5.56 Å². The van der Waals surface area contributed by atoms with Crippen LogP contribution in [-0.2, 0) is 6.54 Å². The molecule has 0 unspecified atom stereocenters. The molecule has 2 rings (SSSR count). The summed E-state index contributed by atoms with van der Waals surface area (Å²) in [5, 5.41) is 0.699. The molecule has 0 saturated heterocycles. The molecule has 0 aliphatic carbocycles. The van der Waals surface area contributed by atoms with Crippen LogP contribution in [0.15, 0.2) is 36.4 Å². The van der Waals surface area contributed by atoms with Crippen molar-refractivity contribution in [2.24, 2.45) is 5.73 Å². The monoisotopic (exact) mass is 277 g/mol. The fourth-order valence-electron chi connectivity index (χ4n) is 1.98. The summed E-state index contributed by atoms with van der Waals surface area (Å²) in [5.74, 6) is 1.37. The smallest absolute Gasteiger partial charge is 0.168 e. The van der Waals surface area contributed by atoms with Crippen LogP contribution in [0.2, 0.25) is 5.02 Å². The van der Waals surface area contributed by atoms with E-state index in [2.05, 4.69) is 0 Å². The van der Waals surface area contributed by atoms with Crippen LogP contribution >= 0.6 is 11.6 Å². The third-order valence-corrected chi connectivity index (χ3v) is 3.18. The highest BCUT2D eigenvalue weighted by atomic mass is 35.5. The minimum Gasteiger partial charge on any atom is -0.493 e. The van der Waals surface area contributed by atoms with Gasteiger partial charge in [0.2, 0.25) is 0 Å². The molecule has 0 radical (unpaired) electrons. The van der Waals surface area contributed by atoms with Crippen molar-refractivity contribution in [3.63, 3.8) is 0 Å². The van der Waals surface area contributed by atoms with E-state index in [1.807, 2.05) is 36.4 Å².